The van der Waals surface area contributed by atoms with Gasteiger partial charge >= 0.3 is 0 Å². The first-order chi connectivity index (χ1) is 10.3. The van der Waals surface area contributed by atoms with Gasteiger partial charge < -0.3 is 5.32 Å². The van der Waals surface area contributed by atoms with Gasteiger partial charge in [-0.1, -0.05) is 36.0 Å². The van der Waals surface area contributed by atoms with E-state index in [9.17, 15) is 13.2 Å². The number of nitrogens with zero attached hydrogens (tertiary/aromatic N) is 2. The second kappa shape index (κ2) is 6.41. The van der Waals surface area contributed by atoms with Gasteiger partial charge in [-0.2, -0.15) is 8.42 Å². The van der Waals surface area contributed by atoms with E-state index in [1.54, 1.807) is 13.0 Å². The molecule has 2 rings (SSSR count). The molecule has 118 valence electrons. The second-order valence-corrected chi connectivity index (χ2v) is 7.53. The summed E-state index contributed by atoms with van der Waals surface area (Å²) in [5.74, 6) is -0.248. The van der Waals surface area contributed by atoms with Gasteiger partial charge in [0.1, 0.15) is 0 Å². The van der Waals surface area contributed by atoms with Crippen LogP contribution in [0.5, 0.6) is 0 Å². The number of aromatic nitrogens is 2. The summed E-state index contributed by atoms with van der Waals surface area (Å²) in [5.41, 5.74) is 2.34. The standard InChI is InChI=1S/C13H16N4O3S2/c1-4-11(18)14-12-15-16-13(21-12)22(19,20)17-10-6-5-8(2)7-9(10)3/h5-7,17H,4H2,1-3H3,(H,14,15,18). The SMILES string of the molecule is CCC(=O)Nc1nnc(S(=O)(=O)Nc2ccc(C)cc2C)s1. The molecular formula is C13H16N4O3S2. The van der Waals surface area contributed by atoms with Crippen LogP contribution in [-0.4, -0.2) is 24.5 Å². The van der Waals surface area contributed by atoms with Crippen molar-refractivity contribution >= 4 is 38.1 Å². The van der Waals surface area contributed by atoms with Crippen molar-refractivity contribution in [3.63, 3.8) is 0 Å². The number of hydrogen-bond donors (Lipinski definition) is 2. The molecule has 0 fully saturated rings. The number of aryl methyl sites for hydroxylation is 2. The Kier molecular flexibility index (Phi) is 4.77. The van der Waals surface area contributed by atoms with E-state index in [0.29, 0.717) is 5.69 Å². The molecule has 0 saturated carbocycles. The molecule has 0 spiro atoms. The first kappa shape index (κ1) is 16.4. The molecule has 0 aliphatic heterocycles. The number of anilines is 2. The van der Waals surface area contributed by atoms with Gasteiger partial charge in [-0.15, -0.1) is 10.2 Å². The Balaban J connectivity index is 2.21. The Morgan fingerprint density at radius 1 is 1.27 bits per heavy atom. The number of carbonyl (C=O) groups excluding carboxylic acids is 1. The molecular weight excluding hydrogens is 324 g/mol. The number of rotatable bonds is 5. The number of amides is 1. The third-order valence-corrected chi connectivity index (χ3v) is 5.40. The summed E-state index contributed by atoms with van der Waals surface area (Å²) in [4.78, 5) is 11.3. The molecule has 7 nitrogen and oxygen atoms in total. The zero-order valence-corrected chi connectivity index (χ0v) is 14.0. The van der Waals surface area contributed by atoms with Crippen LogP contribution in [0.15, 0.2) is 22.5 Å². The van der Waals surface area contributed by atoms with E-state index in [0.717, 1.165) is 22.5 Å². The van der Waals surface area contributed by atoms with Gasteiger partial charge in [0.05, 0.1) is 5.69 Å². The van der Waals surface area contributed by atoms with Crippen molar-refractivity contribution in [3.8, 4) is 0 Å². The van der Waals surface area contributed by atoms with Crippen LogP contribution in [-0.2, 0) is 14.8 Å². The van der Waals surface area contributed by atoms with Gasteiger partial charge in [0, 0.05) is 6.42 Å². The number of sulfonamides is 1. The molecule has 0 radical (unpaired) electrons. The molecule has 1 amide bonds. The molecule has 0 bridgehead atoms. The summed E-state index contributed by atoms with van der Waals surface area (Å²) in [5, 5.41) is 9.93. The van der Waals surface area contributed by atoms with Crippen LogP contribution in [0.3, 0.4) is 0 Å². The predicted molar refractivity (Wildman–Crippen MR) is 85.6 cm³/mol. The van der Waals surface area contributed by atoms with Gasteiger partial charge in [-0.25, -0.2) is 0 Å². The van der Waals surface area contributed by atoms with E-state index in [1.165, 1.54) is 0 Å². The van der Waals surface area contributed by atoms with E-state index < -0.39 is 10.0 Å². The average Bonchev–Trinajstić information content (AvgIpc) is 2.91. The summed E-state index contributed by atoms with van der Waals surface area (Å²) in [6, 6.07) is 5.39. The minimum absolute atomic E-state index is 0.160. The van der Waals surface area contributed by atoms with Crippen LogP contribution in [0.1, 0.15) is 24.5 Å². The lowest BCUT2D eigenvalue weighted by molar-refractivity contribution is -0.115. The highest BCUT2D eigenvalue weighted by atomic mass is 32.2. The zero-order chi connectivity index (χ0) is 16.3. The fraction of sp³-hybridized carbons (Fsp3) is 0.308. The van der Waals surface area contributed by atoms with E-state index in [2.05, 4.69) is 20.2 Å². The molecule has 0 aliphatic carbocycles. The van der Waals surface area contributed by atoms with Crippen LogP contribution in [0.4, 0.5) is 10.8 Å². The van der Waals surface area contributed by atoms with Crippen molar-refractivity contribution in [2.45, 2.75) is 31.5 Å². The van der Waals surface area contributed by atoms with Crippen molar-refractivity contribution in [1.82, 2.24) is 10.2 Å². The molecule has 2 aromatic rings. The highest BCUT2D eigenvalue weighted by molar-refractivity contribution is 7.94. The minimum Gasteiger partial charge on any atom is -0.301 e. The lowest BCUT2D eigenvalue weighted by Gasteiger charge is -2.08. The average molecular weight is 340 g/mol. The Labute approximate surface area is 132 Å². The molecule has 0 aliphatic rings. The molecule has 1 aromatic carbocycles. The Morgan fingerprint density at radius 3 is 2.64 bits per heavy atom. The normalized spacial score (nSPS) is 11.2. The maximum Gasteiger partial charge on any atom is 0.291 e. The monoisotopic (exact) mass is 340 g/mol. The number of benzene rings is 1. The van der Waals surface area contributed by atoms with Gasteiger partial charge in [0.2, 0.25) is 11.0 Å². The Hall–Kier alpha value is -2.00. The number of carbonyl (C=O) groups is 1. The molecule has 0 atom stereocenters. The van der Waals surface area contributed by atoms with Gasteiger partial charge in [0.25, 0.3) is 14.4 Å². The summed E-state index contributed by atoms with van der Waals surface area (Å²) in [7, 11) is -3.83. The van der Waals surface area contributed by atoms with Crippen molar-refractivity contribution in [3.05, 3.63) is 29.3 Å². The zero-order valence-electron chi connectivity index (χ0n) is 12.4. The molecule has 2 N–H and O–H groups in total. The van der Waals surface area contributed by atoms with Crippen LogP contribution in [0, 0.1) is 13.8 Å². The van der Waals surface area contributed by atoms with Gasteiger partial charge in [-0.3, -0.25) is 9.52 Å². The lowest BCUT2D eigenvalue weighted by Crippen LogP contribution is -2.13. The van der Waals surface area contributed by atoms with Crippen LogP contribution in [0.25, 0.3) is 0 Å². The Bertz CT molecular complexity index is 799. The van der Waals surface area contributed by atoms with Crippen molar-refractivity contribution in [2.75, 3.05) is 10.0 Å². The smallest absolute Gasteiger partial charge is 0.291 e. The second-order valence-electron chi connectivity index (χ2n) is 4.70. The van der Waals surface area contributed by atoms with Crippen molar-refractivity contribution in [2.24, 2.45) is 0 Å². The molecule has 1 heterocycles. The number of hydrogen-bond acceptors (Lipinski definition) is 6. The van der Waals surface area contributed by atoms with Crippen LogP contribution >= 0.6 is 11.3 Å². The number of nitrogens with one attached hydrogen (secondary N) is 2. The summed E-state index contributed by atoms with van der Waals surface area (Å²) in [6.07, 6.45) is 0.280. The maximum atomic E-state index is 12.3. The molecule has 9 heteroatoms. The maximum absolute atomic E-state index is 12.3. The van der Waals surface area contributed by atoms with E-state index in [1.807, 2.05) is 26.0 Å². The highest BCUT2D eigenvalue weighted by Crippen LogP contribution is 2.24. The van der Waals surface area contributed by atoms with Gasteiger partial charge in [-0.05, 0) is 25.5 Å². The van der Waals surface area contributed by atoms with E-state index in [4.69, 9.17) is 0 Å². The first-order valence-electron chi connectivity index (χ1n) is 6.55. The lowest BCUT2D eigenvalue weighted by atomic mass is 10.1. The van der Waals surface area contributed by atoms with Crippen LogP contribution in [0.2, 0.25) is 0 Å². The fourth-order valence-electron chi connectivity index (χ4n) is 1.69. The predicted octanol–water partition coefficient (Wildman–Crippen LogP) is 2.30. The van der Waals surface area contributed by atoms with E-state index >= 15 is 0 Å². The van der Waals surface area contributed by atoms with Crippen molar-refractivity contribution < 1.29 is 13.2 Å². The fourth-order valence-corrected chi connectivity index (χ4v) is 3.74. The summed E-state index contributed by atoms with van der Waals surface area (Å²) >= 11 is 0.807. The Morgan fingerprint density at radius 2 is 2.00 bits per heavy atom. The minimum atomic E-state index is -3.83. The molecule has 0 saturated heterocycles. The molecule has 22 heavy (non-hydrogen) atoms. The van der Waals surface area contributed by atoms with E-state index in [-0.39, 0.29) is 21.8 Å². The highest BCUT2D eigenvalue weighted by Gasteiger charge is 2.21. The first-order valence-corrected chi connectivity index (χ1v) is 8.85. The summed E-state index contributed by atoms with van der Waals surface area (Å²) < 4.78 is 26.9. The quantitative estimate of drug-likeness (QED) is 0.813. The third kappa shape index (κ3) is 3.80. The van der Waals surface area contributed by atoms with Gasteiger partial charge in [0.15, 0.2) is 0 Å². The summed E-state index contributed by atoms with van der Waals surface area (Å²) in [6.45, 7) is 5.44. The largest absolute Gasteiger partial charge is 0.301 e. The van der Waals surface area contributed by atoms with Crippen LogP contribution < -0.4 is 10.0 Å². The molecule has 0 unspecified atom stereocenters. The van der Waals surface area contributed by atoms with Crippen molar-refractivity contribution in [1.29, 1.82) is 0 Å². The topological polar surface area (TPSA) is 101 Å². The molecule has 1 aromatic heterocycles. The third-order valence-electron chi connectivity index (χ3n) is 2.83.